The van der Waals surface area contributed by atoms with Crippen LogP contribution in [0, 0.1) is 11.8 Å². The highest BCUT2D eigenvalue weighted by Crippen LogP contribution is 2.41. The summed E-state index contributed by atoms with van der Waals surface area (Å²) in [7, 11) is 3.88. The summed E-state index contributed by atoms with van der Waals surface area (Å²) in [6.07, 6.45) is 3.65. The van der Waals surface area contributed by atoms with Crippen molar-refractivity contribution in [3.05, 3.63) is 24.3 Å². The molecule has 0 bridgehead atoms. The summed E-state index contributed by atoms with van der Waals surface area (Å²) < 4.78 is 5.34. The molecule has 112 valence electrons. The first-order valence-electron chi connectivity index (χ1n) is 7.58. The molecule has 0 aromatic heterocycles. The van der Waals surface area contributed by atoms with Gasteiger partial charge in [0.15, 0.2) is 0 Å². The van der Waals surface area contributed by atoms with Crippen LogP contribution in [0.1, 0.15) is 33.1 Å². The maximum absolute atomic E-state index is 6.20. The molecule has 1 aliphatic rings. The number of ether oxygens (including phenoxy) is 1. The zero-order valence-electron chi connectivity index (χ0n) is 13.2. The molecule has 1 aromatic rings. The Morgan fingerprint density at radius 2 is 1.95 bits per heavy atom. The van der Waals surface area contributed by atoms with Crippen molar-refractivity contribution >= 4 is 5.69 Å². The summed E-state index contributed by atoms with van der Waals surface area (Å²) in [5.74, 6) is 2.36. The van der Waals surface area contributed by atoms with Gasteiger partial charge in [0.05, 0.1) is 12.6 Å². The third-order valence-corrected chi connectivity index (χ3v) is 4.79. The van der Waals surface area contributed by atoms with E-state index >= 15 is 0 Å². The molecule has 0 saturated heterocycles. The highest BCUT2D eigenvalue weighted by atomic mass is 16.5. The van der Waals surface area contributed by atoms with Crippen LogP contribution >= 0.6 is 0 Å². The van der Waals surface area contributed by atoms with Crippen molar-refractivity contribution in [2.45, 2.75) is 38.6 Å². The van der Waals surface area contributed by atoms with E-state index in [-0.39, 0.29) is 5.54 Å². The smallest absolute Gasteiger partial charge is 0.120 e. The number of nitrogens with zero attached hydrogens (tertiary/aromatic N) is 1. The second-order valence-corrected chi connectivity index (χ2v) is 6.54. The lowest BCUT2D eigenvalue weighted by molar-refractivity contribution is 0.182. The normalized spacial score (nSPS) is 30.1. The first-order chi connectivity index (χ1) is 9.50. The van der Waals surface area contributed by atoms with Gasteiger partial charge in [-0.05, 0) is 43.2 Å². The molecule has 3 nitrogen and oxygen atoms in total. The predicted molar refractivity (Wildman–Crippen MR) is 85.4 cm³/mol. The van der Waals surface area contributed by atoms with Gasteiger partial charge in [-0.1, -0.05) is 19.9 Å². The van der Waals surface area contributed by atoms with E-state index in [0.29, 0.717) is 6.54 Å². The zero-order chi connectivity index (χ0) is 14.8. The van der Waals surface area contributed by atoms with Crippen LogP contribution in [-0.4, -0.2) is 26.2 Å². The summed E-state index contributed by atoms with van der Waals surface area (Å²) in [4.78, 5) is 2.38. The van der Waals surface area contributed by atoms with E-state index in [9.17, 15) is 0 Å². The standard InChI is InChI=1S/C17H28N2O/c1-13-8-14(2)11-17(10-13,12-18)19(3)15-6-5-7-16(9-15)20-4/h5-7,9,13-14H,8,10-12,18H2,1-4H3. The number of likely N-dealkylation sites (N-methyl/N-ethyl adjacent to an activating group) is 1. The van der Waals surface area contributed by atoms with E-state index in [4.69, 9.17) is 10.5 Å². The molecule has 0 aliphatic heterocycles. The first-order valence-corrected chi connectivity index (χ1v) is 7.58. The monoisotopic (exact) mass is 276 g/mol. The van der Waals surface area contributed by atoms with Gasteiger partial charge in [0.25, 0.3) is 0 Å². The van der Waals surface area contributed by atoms with Crippen LogP contribution in [0.25, 0.3) is 0 Å². The van der Waals surface area contributed by atoms with Crippen molar-refractivity contribution < 1.29 is 4.74 Å². The largest absolute Gasteiger partial charge is 0.497 e. The topological polar surface area (TPSA) is 38.5 Å². The minimum atomic E-state index is 0.0729. The van der Waals surface area contributed by atoms with Crippen molar-refractivity contribution in [3.8, 4) is 5.75 Å². The molecule has 0 radical (unpaired) electrons. The molecule has 0 heterocycles. The molecule has 0 amide bonds. The molecule has 1 saturated carbocycles. The molecule has 1 aliphatic carbocycles. The average Bonchev–Trinajstić information content (AvgIpc) is 2.45. The second-order valence-electron chi connectivity index (χ2n) is 6.54. The molecule has 2 rings (SSSR count). The maximum Gasteiger partial charge on any atom is 0.120 e. The Morgan fingerprint density at radius 3 is 2.50 bits per heavy atom. The summed E-state index contributed by atoms with van der Waals surface area (Å²) >= 11 is 0. The van der Waals surface area contributed by atoms with Crippen LogP contribution in [0.2, 0.25) is 0 Å². The molecule has 2 N–H and O–H groups in total. The predicted octanol–water partition coefficient (Wildman–Crippen LogP) is 3.29. The van der Waals surface area contributed by atoms with Gasteiger partial charge >= 0.3 is 0 Å². The Labute approximate surface area is 123 Å². The van der Waals surface area contributed by atoms with Crippen LogP contribution in [0.4, 0.5) is 5.69 Å². The summed E-state index contributed by atoms with van der Waals surface area (Å²) in [5, 5.41) is 0. The van der Waals surface area contributed by atoms with Gasteiger partial charge in [-0.15, -0.1) is 0 Å². The van der Waals surface area contributed by atoms with Gasteiger partial charge < -0.3 is 15.4 Å². The summed E-state index contributed by atoms with van der Waals surface area (Å²) in [6, 6.07) is 8.27. The fourth-order valence-electron chi connectivity index (χ4n) is 3.90. The lowest BCUT2D eigenvalue weighted by Crippen LogP contribution is -2.56. The third kappa shape index (κ3) is 2.93. The van der Waals surface area contributed by atoms with Crippen LogP contribution in [-0.2, 0) is 0 Å². The number of methoxy groups -OCH3 is 1. The lowest BCUT2D eigenvalue weighted by atomic mass is 9.70. The maximum atomic E-state index is 6.20. The molecule has 1 fully saturated rings. The molecule has 20 heavy (non-hydrogen) atoms. The van der Waals surface area contributed by atoms with E-state index in [1.165, 1.54) is 24.9 Å². The Morgan fingerprint density at radius 1 is 1.30 bits per heavy atom. The second kappa shape index (κ2) is 6.04. The Balaban J connectivity index is 2.29. The van der Waals surface area contributed by atoms with E-state index < -0.39 is 0 Å². The number of hydrogen-bond acceptors (Lipinski definition) is 3. The Bertz CT molecular complexity index is 436. The van der Waals surface area contributed by atoms with Gasteiger partial charge in [-0.25, -0.2) is 0 Å². The minimum Gasteiger partial charge on any atom is -0.497 e. The van der Waals surface area contributed by atoms with Gasteiger partial charge in [0, 0.05) is 25.3 Å². The molecule has 2 unspecified atom stereocenters. The first kappa shape index (κ1) is 15.2. The number of anilines is 1. The average molecular weight is 276 g/mol. The van der Waals surface area contributed by atoms with Crippen LogP contribution in [0.3, 0.4) is 0 Å². The molecular weight excluding hydrogens is 248 g/mol. The Kier molecular flexibility index (Phi) is 4.59. The Hall–Kier alpha value is -1.22. The fourth-order valence-corrected chi connectivity index (χ4v) is 3.90. The minimum absolute atomic E-state index is 0.0729. The molecular formula is C17H28N2O. The van der Waals surface area contributed by atoms with Gasteiger partial charge in [-0.3, -0.25) is 0 Å². The highest BCUT2D eigenvalue weighted by Gasteiger charge is 2.40. The lowest BCUT2D eigenvalue weighted by Gasteiger charge is -2.49. The summed E-state index contributed by atoms with van der Waals surface area (Å²) in [5.41, 5.74) is 7.46. The SMILES string of the molecule is COc1cccc(N(C)C2(CN)CC(C)CC(C)C2)c1. The quantitative estimate of drug-likeness (QED) is 0.917. The van der Waals surface area contributed by atoms with Crippen molar-refractivity contribution in [3.63, 3.8) is 0 Å². The van der Waals surface area contributed by atoms with Crippen molar-refractivity contribution in [1.82, 2.24) is 0 Å². The van der Waals surface area contributed by atoms with Gasteiger partial charge in [0.1, 0.15) is 5.75 Å². The molecule has 0 spiro atoms. The van der Waals surface area contributed by atoms with Crippen LogP contribution in [0.15, 0.2) is 24.3 Å². The van der Waals surface area contributed by atoms with E-state index in [1.54, 1.807) is 7.11 Å². The number of nitrogens with two attached hydrogens (primary N) is 1. The van der Waals surface area contributed by atoms with Crippen molar-refractivity contribution in [2.75, 3.05) is 25.6 Å². The number of rotatable bonds is 4. The van der Waals surface area contributed by atoms with Gasteiger partial charge in [0.2, 0.25) is 0 Å². The van der Waals surface area contributed by atoms with E-state index in [0.717, 1.165) is 17.6 Å². The highest BCUT2D eigenvalue weighted by molar-refractivity contribution is 5.52. The number of hydrogen-bond donors (Lipinski definition) is 1. The van der Waals surface area contributed by atoms with E-state index in [2.05, 4.69) is 37.9 Å². The molecule has 1 aromatic carbocycles. The van der Waals surface area contributed by atoms with E-state index in [1.807, 2.05) is 12.1 Å². The van der Waals surface area contributed by atoms with Gasteiger partial charge in [-0.2, -0.15) is 0 Å². The van der Waals surface area contributed by atoms with Crippen LogP contribution in [0.5, 0.6) is 5.75 Å². The van der Waals surface area contributed by atoms with Crippen LogP contribution < -0.4 is 15.4 Å². The molecule has 2 atom stereocenters. The fraction of sp³-hybridized carbons (Fsp3) is 0.647. The molecule has 3 heteroatoms. The zero-order valence-corrected chi connectivity index (χ0v) is 13.2. The van der Waals surface area contributed by atoms with Crippen molar-refractivity contribution in [1.29, 1.82) is 0 Å². The number of benzene rings is 1. The summed E-state index contributed by atoms with van der Waals surface area (Å²) in [6.45, 7) is 5.40. The third-order valence-electron chi connectivity index (χ3n) is 4.79. The van der Waals surface area contributed by atoms with Crippen molar-refractivity contribution in [2.24, 2.45) is 17.6 Å².